The predicted octanol–water partition coefficient (Wildman–Crippen LogP) is 2.95. The molecule has 1 N–H and O–H groups in total. The van der Waals surface area contributed by atoms with E-state index in [9.17, 15) is 4.39 Å². The van der Waals surface area contributed by atoms with Crippen molar-refractivity contribution in [3.8, 4) is 0 Å². The van der Waals surface area contributed by atoms with Crippen LogP contribution >= 0.6 is 0 Å². The van der Waals surface area contributed by atoms with Crippen LogP contribution in [0.15, 0.2) is 29.3 Å². The third-order valence-corrected chi connectivity index (χ3v) is 4.87. The molecule has 0 unspecified atom stereocenters. The molecule has 0 aliphatic carbocycles. The smallest absolute Gasteiger partial charge is 0.193 e. The van der Waals surface area contributed by atoms with Crippen LogP contribution in [-0.4, -0.2) is 56.0 Å². The van der Waals surface area contributed by atoms with Crippen molar-refractivity contribution in [2.24, 2.45) is 10.9 Å². The Morgan fingerprint density at radius 2 is 2.12 bits per heavy atom. The zero-order valence-corrected chi connectivity index (χ0v) is 15.3. The Morgan fingerprint density at radius 1 is 1.38 bits per heavy atom. The molecule has 5 heteroatoms. The van der Waals surface area contributed by atoms with Gasteiger partial charge in [-0.1, -0.05) is 19.1 Å². The van der Waals surface area contributed by atoms with Crippen molar-refractivity contribution < 1.29 is 4.39 Å². The Morgan fingerprint density at radius 3 is 2.75 bits per heavy atom. The number of aliphatic imine (C=N–C) groups is 1. The average Bonchev–Trinajstić information content (AvgIpc) is 2.59. The fourth-order valence-corrected chi connectivity index (χ4v) is 3.35. The second kappa shape index (κ2) is 9.62. The monoisotopic (exact) mass is 334 g/mol. The molecular formula is C19H31FN4. The van der Waals surface area contributed by atoms with Crippen LogP contribution in [0, 0.1) is 11.7 Å². The summed E-state index contributed by atoms with van der Waals surface area (Å²) in [7, 11) is 3.78. The molecule has 4 nitrogen and oxygen atoms in total. The van der Waals surface area contributed by atoms with Gasteiger partial charge in [0.15, 0.2) is 5.96 Å². The SMILES string of the molecule is CCN1CCC(CCNC(=NC)N(C)Cc2cccc(F)c2)CC1. The van der Waals surface area contributed by atoms with Gasteiger partial charge in [0.2, 0.25) is 0 Å². The van der Waals surface area contributed by atoms with E-state index in [1.54, 1.807) is 19.2 Å². The first-order valence-electron chi connectivity index (χ1n) is 9.01. The minimum absolute atomic E-state index is 0.192. The quantitative estimate of drug-likeness (QED) is 0.641. The van der Waals surface area contributed by atoms with Crippen molar-refractivity contribution in [1.29, 1.82) is 0 Å². The molecule has 0 spiro atoms. The van der Waals surface area contributed by atoms with Gasteiger partial charge >= 0.3 is 0 Å². The van der Waals surface area contributed by atoms with Gasteiger partial charge in [-0.2, -0.15) is 0 Å². The summed E-state index contributed by atoms with van der Waals surface area (Å²) in [6.07, 6.45) is 3.78. The second-order valence-corrected chi connectivity index (χ2v) is 6.63. The zero-order valence-electron chi connectivity index (χ0n) is 15.3. The molecule has 1 aromatic carbocycles. The first-order valence-corrected chi connectivity index (χ1v) is 9.01. The maximum absolute atomic E-state index is 13.3. The highest BCUT2D eigenvalue weighted by molar-refractivity contribution is 5.79. The largest absolute Gasteiger partial charge is 0.356 e. The molecule has 0 atom stereocenters. The maximum atomic E-state index is 13.3. The minimum atomic E-state index is -0.192. The molecule has 1 aliphatic heterocycles. The summed E-state index contributed by atoms with van der Waals surface area (Å²) in [6.45, 7) is 7.46. The van der Waals surface area contributed by atoms with Gasteiger partial charge in [0.1, 0.15) is 5.82 Å². The number of likely N-dealkylation sites (tertiary alicyclic amines) is 1. The highest BCUT2D eigenvalue weighted by Gasteiger charge is 2.17. The van der Waals surface area contributed by atoms with Crippen molar-refractivity contribution in [1.82, 2.24) is 15.1 Å². The lowest BCUT2D eigenvalue weighted by Gasteiger charge is -2.31. The highest BCUT2D eigenvalue weighted by atomic mass is 19.1. The Hall–Kier alpha value is -1.62. The van der Waals surface area contributed by atoms with Gasteiger partial charge in [-0.3, -0.25) is 4.99 Å². The van der Waals surface area contributed by atoms with Crippen molar-refractivity contribution in [2.45, 2.75) is 32.7 Å². The highest BCUT2D eigenvalue weighted by Crippen LogP contribution is 2.19. The summed E-state index contributed by atoms with van der Waals surface area (Å²) in [6, 6.07) is 6.73. The number of benzene rings is 1. The molecule has 2 rings (SSSR count). The van der Waals surface area contributed by atoms with E-state index in [-0.39, 0.29) is 5.82 Å². The third kappa shape index (κ3) is 5.78. The molecule has 1 aromatic rings. The maximum Gasteiger partial charge on any atom is 0.193 e. The molecule has 1 saturated heterocycles. The number of hydrogen-bond acceptors (Lipinski definition) is 2. The normalized spacial score (nSPS) is 17.1. The second-order valence-electron chi connectivity index (χ2n) is 6.63. The van der Waals surface area contributed by atoms with Crippen LogP contribution in [0.2, 0.25) is 0 Å². The van der Waals surface area contributed by atoms with Crippen molar-refractivity contribution >= 4 is 5.96 Å². The summed E-state index contributed by atoms with van der Waals surface area (Å²) < 4.78 is 13.3. The fourth-order valence-electron chi connectivity index (χ4n) is 3.35. The lowest BCUT2D eigenvalue weighted by molar-refractivity contribution is 0.187. The van der Waals surface area contributed by atoms with Gasteiger partial charge in [0.05, 0.1) is 0 Å². The van der Waals surface area contributed by atoms with E-state index in [0.717, 1.165) is 24.0 Å². The molecule has 0 bridgehead atoms. The van der Waals surface area contributed by atoms with Crippen LogP contribution in [-0.2, 0) is 6.54 Å². The van der Waals surface area contributed by atoms with Gasteiger partial charge in [0, 0.05) is 27.2 Å². The Labute approximate surface area is 145 Å². The van der Waals surface area contributed by atoms with Crippen molar-refractivity contribution in [3.63, 3.8) is 0 Å². The van der Waals surface area contributed by atoms with Crippen LogP contribution < -0.4 is 5.32 Å². The van der Waals surface area contributed by atoms with Gasteiger partial charge in [-0.25, -0.2) is 4.39 Å². The van der Waals surface area contributed by atoms with Gasteiger partial charge < -0.3 is 15.1 Å². The van der Waals surface area contributed by atoms with Crippen LogP contribution in [0.3, 0.4) is 0 Å². The molecule has 24 heavy (non-hydrogen) atoms. The number of guanidine groups is 1. The number of rotatable bonds is 6. The lowest BCUT2D eigenvalue weighted by atomic mass is 9.93. The van der Waals surface area contributed by atoms with E-state index < -0.39 is 0 Å². The van der Waals surface area contributed by atoms with Gasteiger partial charge in [-0.15, -0.1) is 0 Å². The Balaban J connectivity index is 1.74. The summed E-state index contributed by atoms with van der Waals surface area (Å²) in [5.74, 6) is 1.49. The number of hydrogen-bond donors (Lipinski definition) is 1. The Bertz CT molecular complexity index is 524. The van der Waals surface area contributed by atoms with E-state index >= 15 is 0 Å². The first kappa shape index (κ1) is 18.7. The number of nitrogens with zero attached hydrogens (tertiary/aromatic N) is 3. The van der Waals surface area contributed by atoms with Crippen LogP contribution in [0.1, 0.15) is 31.7 Å². The minimum Gasteiger partial charge on any atom is -0.356 e. The number of nitrogens with one attached hydrogen (secondary N) is 1. The fraction of sp³-hybridized carbons (Fsp3) is 0.632. The zero-order chi connectivity index (χ0) is 17.4. The molecule has 1 aliphatic rings. The summed E-state index contributed by atoms with van der Waals surface area (Å²) in [5, 5.41) is 3.45. The van der Waals surface area contributed by atoms with E-state index in [2.05, 4.69) is 22.1 Å². The first-order chi connectivity index (χ1) is 11.6. The summed E-state index contributed by atoms with van der Waals surface area (Å²) in [4.78, 5) is 8.90. The van der Waals surface area contributed by atoms with Crippen LogP contribution in [0.4, 0.5) is 4.39 Å². The standard InChI is InChI=1S/C19H31FN4/c1-4-24-12-9-16(10-13-24)8-11-22-19(21-2)23(3)15-17-6-5-7-18(20)14-17/h5-7,14,16H,4,8-13,15H2,1-3H3,(H,21,22). The van der Waals surface area contributed by atoms with E-state index in [4.69, 9.17) is 0 Å². The van der Waals surface area contributed by atoms with Crippen LogP contribution in [0.25, 0.3) is 0 Å². The Kier molecular flexibility index (Phi) is 7.50. The molecule has 0 amide bonds. The molecular weight excluding hydrogens is 303 g/mol. The molecule has 0 saturated carbocycles. The molecule has 0 aromatic heterocycles. The third-order valence-electron chi connectivity index (χ3n) is 4.87. The number of halogens is 1. The number of piperidine rings is 1. The molecule has 1 heterocycles. The molecule has 134 valence electrons. The van der Waals surface area contributed by atoms with Crippen LogP contribution in [0.5, 0.6) is 0 Å². The molecule has 1 fully saturated rings. The average molecular weight is 334 g/mol. The van der Waals surface area contributed by atoms with Crippen molar-refractivity contribution in [2.75, 3.05) is 40.3 Å². The van der Waals surface area contributed by atoms with E-state index in [1.165, 1.54) is 45.0 Å². The summed E-state index contributed by atoms with van der Waals surface area (Å²) in [5.41, 5.74) is 0.951. The topological polar surface area (TPSA) is 30.9 Å². The van der Waals surface area contributed by atoms with Gasteiger partial charge in [0.25, 0.3) is 0 Å². The summed E-state index contributed by atoms with van der Waals surface area (Å²) >= 11 is 0. The van der Waals surface area contributed by atoms with E-state index in [0.29, 0.717) is 6.54 Å². The predicted molar refractivity (Wildman–Crippen MR) is 98.7 cm³/mol. The van der Waals surface area contributed by atoms with E-state index in [1.807, 2.05) is 18.0 Å². The molecule has 0 radical (unpaired) electrons. The van der Waals surface area contributed by atoms with Crippen molar-refractivity contribution in [3.05, 3.63) is 35.6 Å². The lowest BCUT2D eigenvalue weighted by Crippen LogP contribution is -2.40. The van der Waals surface area contributed by atoms with Gasteiger partial charge in [-0.05, 0) is 62.5 Å².